The molecule has 4 nitrogen and oxygen atoms in total. The third-order valence-electron chi connectivity index (χ3n) is 2.82. The number of ether oxygens (including phenoxy) is 1. The van der Waals surface area contributed by atoms with Crippen LogP contribution in [0.15, 0.2) is 42.6 Å². The van der Waals surface area contributed by atoms with E-state index in [0.717, 1.165) is 16.9 Å². The van der Waals surface area contributed by atoms with E-state index in [1.165, 1.54) is 12.3 Å². The van der Waals surface area contributed by atoms with Crippen molar-refractivity contribution in [1.29, 1.82) is 0 Å². The molecule has 0 bridgehead atoms. The number of hydrogen-bond acceptors (Lipinski definition) is 3. The molecule has 0 saturated heterocycles. The predicted molar refractivity (Wildman–Crippen MR) is 84.6 cm³/mol. The van der Waals surface area contributed by atoms with Gasteiger partial charge in [-0.25, -0.2) is 4.98 Å². The first-order valence-corrected chi connectivity index (χ1v) is 6.71. The second-order valence-electron chi connectivity index (χ2n) is 4.43. The van der Waals surface area contributed by atoms with Crippen molar-refractivity contribution in [2.75, 3.05) is 12.4 Å². The molecule has 108 valence electrons. The number of amides is 1. The molecule has 0 fully saturated rings. The highest BCUT2D eigenvalue weighted by molar-refractivity contribution is 6.30. The number of benzene rings is 1. The van der Waals surface area contributed by atoms with Gasteiger partial charge in [-0.15, -0.1) is 0 Å². The van der Waals surface area contributed by atoms with Crippen LogP contribution in [0.1, 0.15) is 11.1 Å². The van der Waals surface area contributed by atoms with Crippen molar-refractivity contribution >= 4 is 29.3 Å². The summed E-state index contributed by atoms with van der Waals surface area (Å²) in [4.78, 5) is 15.8. The maximum absolute atomic E-state index is 11.8. The lowest BCUT2D eigenvalue weighted by molar-refractivity contribution is -0.111. The average molecular weight is 303 g/mol. The minimum absolute atomic E-state index is 0.227. The zero-order valence-electron chi connectivity index (χ0n) is 11.8. The Morgan fingerprint density at radius 1 is 1.33 bits per heavy atom. The third-order valence-corrected chi connectivity index (χ3v) is 3.22. The number of aromatic nitrogens is 1. The van der Waals surface area contributed by atoms with Crippen molar-refractivity contribution in [3.05, 3.63) is 58.9 Å². The van der Waals surface area contributed by atoms with Gasteiger partial charge in [0.15, 0.2) is 0 Å². The van der Waals surface area contributed by atoms with Gasteiger partial charge in [-0.2, -0.15) is 0 Å². The molecule has 0 aliphatic rings. The molecule has 0 spiro atoms. The summed E-state index contributed by atoms with van der Waals surface area (Å²) >= 11 is 5.84. The minimum atomic E-state index is -0.227. The fraction of sp³-hybridized carbons (Fsp3) is 0.125. The van der Waals surface area contributed by atoms with E-state index in [4.69, 9.17) is 16.3 Å². The first kappa shape index (κ1) is 15.1. The van der Waals surface area contributed by atoms with Gasteiger partial charge in [0, 0.05) is 6.08 Å². The zero-order valence-corrected chi connectivity index (χ0v) is 12.5. The second-order valence-corrected chi connectivity index (χ2v) is 4.79. The summed E-state index contributed by atoms with van der Waals surface area (Å²) in [5.74, 6) is 0.550. The number of methoxy groups -OCH3 is 1. The first-order chi connectivity index (χ1) is 10.1. The lowest BCUT2D eigenvalue weighted by atomic mass is 10.2. The summed E-state index contributed by atoms with van der Waals surface area (Å²) in [6.07, 6.45) is 4.71. The van der Waals surface area contributed by atoms with Gasteiger partial charge in [0.1, 0.15) is 10.9 Å². The van der Waals surface area contributed by atoms with E-state index in [2.05, 4.69) is 10.3 Å². The molecule has 1 heterocycles. The Labute approximate surface area is 128 Å². The number of halogens is 1. The number of aryl methyl sites for hydroxylation is 1. The van der Waals surface area contributed by atoms with E-state index in [-0.39, 0.29) is 5.91 Å². The van der Waals surface area contributed by atoms with Crippen molar-refractivity contribution in [2.24, 2.45) is 0 Å². The van der Waals surface area contributed by atoms with Crippen LogP contribution < -0.4 is 10.1 Å². The van der Waals surface area contributed by atoms with Gasteiger partial charge in [-0.1, -0.05) is 23.7 Å². The summed E-state index contributed by atoms with van der Waals surface area (Å²) < 4.78 is 5.07. The van der Waals surface area contributed by atoms with Crippen molar-refractivity contribution in [2.45, 2.75) is 6.92 Å². The zero-order chi connectivity index (χ0) is 15.2. The molecule has 21 heavy (non-hydrogen) atoms. The van der Waals surface area contributed by atoms with E-state index >= 15 is 0 Å². The monoisotopic (exact) mass is 302 g/mol. The Balaban J connectivity index is 1.99. The van der Waals surface area contributed by atoms with E-state index in [0.29, 0.717) is 10.8 Å². The SMILES string of the molecule is COc1ccc(/C=C/C(=O)Nc2cnc(Cl)c(C)c2)cc1. The molecule has 5 heteroatoms. The largest absolute Gasteiger partial charge is 0.497 e. The van der Waals surface area contributed by atoms with Crippen LogP contribution in [0.3, 0.4) is 0 Å². The van der Waals surface area contributed by atoms with Crippen LogP contribution in [-0.2, 0) is 4.79 Å². The molecule has 1 amide bonds. The molecule has 1 aromatic carbocycles. The summed E-state index contributed by atoms with van der Waals surface area (Å²) in [7, 11) is 1.61. The molecule has 1 N–H and O–H groups in total. The average Bonchev–Trinajstić information content (AvgIpc) is 2.49. The summed E-state index contributed by atoms with van der Waals surface area (Å²) in [6.45, 7) is 1.83. The molecule has 0 aliphatic carbocycles. The lowest BCUT2D eigenvalue weighted by Gasteiger charge is -2.04. The van der Waals surface area contributed by atoms with Crippen LogP contribution in [0.5, 0.6) is 5.75 Å². The van der Waals surface area contributed by atoms with E-state index in [1.807, 2.05) is 31.2 Å². The number of carbonyl (C=O) groups is 1. The Morgan fingerprint density at radius 3 is 2.67 bits per heavy atom. The number of nitrogens with one attached hydrogen (secondary N) is 1. The normalized spacial score (nSPS) is 10.6. The van der Waals surface area contributed by atoms with Gasteiger partial charge in [0.05, 0.1) is 19.0 Å². The van der Waals surface area contributed by atoms with Crippen LogP contribution in [-0.4, -0.2) is 18.0 Å². The van der Waals surface area contributed by atoms with E-state index in [1.54, 1.807) is 19.3 Å². The number of nitrogens with zero attached hydrogens (tertiary/aromatic N) is 1. The van der Waals surface area contributed by atoms with Gasteiger partial charge in [0.2, 0.25) is 5.91 Å². The van der Waals surface area contributed by atoms with Gasteiger partial charge in [-0.05, 0) is 42.3 Å². The van der Waals surface area contributed by atoms with Crippen molar-refractivity contribution in [3.63, 3.8) is 0 Å². The minimum Gasteiger partial charge on any atom is -0.497 e. The van der Waals surface area contributed by atoms with Crippen molar-refractivity contribution in [1.82, 2.24) is 4.98 Å². The van der Waals surface area contributed by atoms with E-state index in [9.17, 15) is 4.79 Å². The lowest BCUT2D eigenvalue weighted by Crippen LogP contribution is -2.08. The number of anilines is 1. The topological polar surface area (TPSA) is 51.2 Å². The highest BCUT2D eigenvalue weighted by Gasteiger charge is 2.01. The Bertz CT molecular complexity index is 666. The highest BCUT2D eigenvalue weighted by atomic mass is 35.5. The summed E-state index contributed by atoms with van der Waals surface area (Å²) in [5.41, 5.74) is 2.34. The van der Waals surface area contributed by atoms with Gasteiger partial charge in [0.25, 0.3) is 0 Å². The fourth-order valence-corrected chi connectivity index (χ4v) is 1.80. The molecule has 0 unspecified atom stereocenters. The van der Waals surface area contributed by atoms with Crippen LogP contribution in [0.2, 0.25) is 5.15 Å². The fourth-order valence-electron chi connectivity index (χ4n) is 1.70. The number of pyridine rings is 1. The van der Waals surface area contributed by atoms with Crippen molar-refractivity contribution < 1.29 is 9.53 Å². The number of rotatable bonds is 4. The highest BCUT2D eigenvalue weighted by Crippen LogP contribution is 2.16. The second kappa shape index (κ2) is 6.90. The quantitative estimate of drug-likeness (QED) is 0.692. The van der Waals surface area contributed by atoms with Crippen LogP contribution in [0.25, 0.3) is 6.08 Å². The summed E-state index contributed by atoms with van der Waals surface area (Å²) in [5, 5.41) is 3.16. The van der Waals surface area contributed by atoms with Gasteiger partial charge >= 0.3 is 0 Å². The third kappa shape index (κ3) is 4.33. The van der Waals surface area contributed by atoms with Gasteiger partial charge < -0.3 is 10.1 Å². The molecular weight excluding hydrogens is 288 g/mol. The maximum Gasteiger partial charge on any atom is 0.248 e. The molecular formula is C16H15ClN2O2. The predicted octanol–water partition coefficient (Wildman–Crippen LogP) is 3.70. The molecule has 0 atom stereocenters. The maximum atomic E-state index is 11.8. The molecule has 2 rings (SSSR count). The van der Waals surface area contributed by atoms with Crippen LogP contribution in [0.4, 0.5) is 5.69 Å². The Morgan fingerprint density at radius 2 is 2.05 bits per heavy atom. The molecule has 0 aliphatic heterocycles. The molecule has 0 radical (unpaired) electrons. The van der Waals surface area contributed by atoms with Gasteiger partial charge in [-0.3, -0.25) is 4.79 Å². The molecule has 2 aromatic rings. The molecule has 1 aromatic heterocycles. The Kier molecular flexibility index (Phi) is 4.95. The number of carbonyl (C=O) groups excluding carboxylic acids is 1. The van der Waals surface area contributed by atoms with Crippen molar-refractivity contribution in [3.8, 4) is 5.75 Å². The Hall–Kier alpha value is -2.33. The first-order valence-electron chi connectivity index (χ1n) is 6.34. The number of hydrogen-bond donors (Lipinski definition) is 1. The van der Waals surface area contributed by atoms with Crippen LogP contribution in [0, 0.1) is 6.92 Å². The standard InChI is InChI=1S/C16H15ClN2O2/c1-11-9-13(10-18-16(11)17)19-15(20)8-5-12-3-6-14(21-2)7-4-12/h3-10H,1-2H3,(H,19,20)/b8-5+. The van der Waals surface area contributed by atoms with E-state index < -0.39 is 0 Å². The van der Waals surface area contributed by atoms with Crippen LogP contribution >= 0.6 is 11.6 Å². The summed E-state index contributed by atoms with van der Waals surface area (Å²) in [6, 6.07) is 9.19. The smallest absolute Gasteiger partial charge is 0.248 e. The molecule has 0 saturated carbocycles.